The number of anilines is 1. The van der Waals surface area contributed by atoms with Crippen LogP contribution in [0.1, 0.15) is 16.7 Å². The lowest BCUT2D eigenvalue weighted by molar-refractivity contribution is -0.114. The van der Waals surface area contributed by atoms with Crippen LogP contribution in [0.25, 0.3) is 6.08 Å². The first kappa shape index (κ1) is 21.3. The van der Waals surface area contributed by atoms with Crippen molar-refractivity contribution in [1.29, 1.82) is 0 Å². The molecule has 0 atom stereocenters. The standard InChI is InChI=1S/C29H21FN2O2/c30-24-13-7-10-22(17-24)20-34-26-16-8-9-21(18-26)19-27-28(23-11-3-1-4-12-23)31-32(29(27)33)25-14-5-2-6-15-25/h1-19H,20H2/b27-19+. The molecule has 0 spiro atoms. The van der Waals surface area contributed by atoms with Crippen LogP contribution >= 0.6 is 0 Å². The van der Waals surface area contributed by atoms with Gasteiger partial charge in [0.25, 0.3) is 5.91 Å². The third kappa shape index (κ3) is 4.64. The van der Waals surface area contributed by atoms with Gasteiger partial charge in [0.2, 0.25) is 0 Å². The number of rotatable bonds is 6. The van der Waals surface area contributed by atoms with E-state index in [1.807, 2.05) is 97.1 Å². The number of hydrogen-bond donors (Lipinski definition) is 0. The van der Waals surface area contributed by atoms with Gasteiger partial charge in [0.05, 0.1) is 11.3 Å². The molecule has 4 aromatic rings. The lowest BCUT2D eigenvalue weighted by Crippen LogP contribution is -2.21. The maximum Gasteiger partial charge on any atom is 0.281 e. The highest BCUT2D eigenvalue weighted by atomic mass is 19.1. The molecular weight excluding hydrogens is 427 g/mol. The van der Waals surface area contributed by atoms with Gasteiger partial charge in [0.1, 0.15) is 23.9 Å². The molecule has 0 aromatic heterocycles. The van der Waals surface area contributed by atoms with E-state index in [2.05, 4.69) is 5.10 Å². The van der Waals surface area contributed by atoms with Crippen LogP contribution in [0.4, 0.5) is 10.1 Å². The Balaban J connectivity index is 1.46. The van der Waals surface area contributed by atoms with Gasteiger partial charge in [-0.1, -0.05) is 72.8 Å². The van der Waals surface area contributed by atoms with Gasteiger partial charge in [-0.2, -0.15) is 10.1 Å². The first-order chi connectivity index (χ1) is 16.7. The van der Waals surface area contributed by atoms with E-state index in [1.165, 1.54) is 17.1 Å². The van der Waals surface area contributed by atoms with Gasteiger partial charge >= 0.3 is 0 Å². The van der Waals surface area contributed by atoms with Crippen LogP contribution in [0.15, 0.2) is 120 Å². The molecule has 0 fully saturated rings. The Labute approximate surface area is 197 Å². The van der Waals surface area contributed by atoms with E-state index < -0.39 is 0 Å². The molecule has 5 heteroatoms. The second-order valence-electron chi connectivity index (χ2n) is 7.82. The predicted octanol–water partition coefficient (Wildman–Crippen LogP) is 6.24. The molecule has 0 radical (unpaired) electrons. The molecule has 0 saturated carbocycles. The molecule has 1 aliphatic rings. The van der Waals surface area contributed by atoms with Crippen LogP contribution in [0, 0.1) is 5.82 Å². The Morgan fingerprint density at radius 3 is 2.32 bits per heavy atom. The van der Waals surface area contributed by atoms with E-state index in [1.54, 1.807) is 6.07 Å². The minimum atomic E-state index is -0.296. The van der Waals surface area contributed by atoms with E-state index >= 15 is 0 Å². The third-order valence-corrected chi connectivity index (χ3v) is 5.39. The van der Waals surface area contributed by atoms with E-state index in [9.17, 15) is 9.18 Å². The summed E-state index contributed by atoms with van der Waals surface area (Å²) in [5.74, 6) is 0.133. The summed E-state index contributed by atoms with van der Waals surface area (Å²) in [6.45, 7) is 0.245. The average molecular weight is 448 g/mol. The molecule has 1 heterocycles. The minimum absolute atomic E-state index is 0.198. The van der Waals surface area contributed by atoms with Crippen molar-refractivity contribution in [3.63, 3.8) is 0 Å². The van der Waals surface area contributed by atoms with Gasteiger partial charge in [-0.25, -0.2) is 4.39 Å². The van der Waals surface area contributed by atoms with Gasteiger partial charge in [-0.05, 0) is 53.6 Å². The fraction of sp³-hybridized carbons (Fsp3) is 0.0345. The zero-order chi connectivity index (χ0) is 23.3. The number of carbonyl (C=O) groups excluding carboxylic acids is 1. The topological polar surface area (TPSA) is 41.9 Å². The highest BCUT2D eigenvalue weighted by Crippen LogP contribution is 2.28. The Morgan fingerprint density at radius 1 is 0.824 bits per heavy atom. The number of hydrazone groups is 1. The Hall–Kier alpha value is -4.51. The van der Waals surface area contributed by atoms with Gasteiger partial charge in [-0.15, -0.1) is 0 Å². The monoisotopic (exact) mass is 448 g/mol. The van der Waals surface area contributed by atoms with E-state index in [4.69, 9.17) is 4.74 Å². The summed E-state index contributed by atoms with van der Waals surface area (Å²) in [5, 5.41) is 6.09. The van der Waals surface area contributed by atoms with E-state index in [0.29, 0.717) is 22.7 Å². The van der Waals surface area contributed by atoms with Gasteiger partial charge in [0.15, 0.2) is 0 Å². The van der Waals surface area contributed by atoms with Crippen molar-refractivity contribution in [2.24, 2.45) is 5.10 Å². The largest absolute Gasteiger partial charge is 0.489 e. The lowest BCUT2D eigenvalue weighted by Gasteiger charge is -2.11. The molecule has 0 aliphatic carbocycles. The molecular formula is C29H21FN2O2. The molecule has 0 saturated heterocycles. The normalized spacial score (nSPS) is 14.4. The molecule has 34 heavy (non-hydrogen) atoms. The minimum Gasteiger partial charge on any atom is -0.489 e. The number of nitrogens with zero attached hydrogens (tertiary/aromatic N) is 2. The smallest absolute Gasteiger partial charge is 0.281 e. The van der Waals surface area contributed by atoms with Crippen LogP contribution in [0.2, 0.25) is 0 Å². The van der Waals surface area contributed by atoms with Crippen LogP contribution < -0.4 is 9.75 Å². The molecule has 4 nitrogen and oxygen atoms in total. The number of carbonyl (C=O) groups is 1. The van der Waals surface area contributed by atoms with Crippen LogP contribution in [0.3, 0.4) is 0 Å². The molecule has 0 bridgehead atoms. The maximum absolute atomic E-state index is 13.4. The molecule has 1 amide bonds. The second kappa shape index (κ2) is 9.55. The zero-order valence-corrected chi connectivity index (χ0v) is 18.3. The van der Waals surface area contributed by atoms with Crippen molar-refractivity contribution < 1.29 is 13.9 Å². The summed E-state index contributed by atoms with van der Waals surface area (Å²) in [6.07, 6.45) is 1.83. The maximum atomic E-state index is 13.4. The molecule has 0 N–H and O–H groups in total. The van der Waals surface area contributed by atoms with Crippen molar-refractivity contribution in [3.8, 4) is 5.75 Å². The quantitative estimate of drug-likeness (QED) is 0.328. The Kier molecular flexibility index (Phi) is 5.99. The van der Waals surface area contributed by atoms with Crippen molar-refractivity contribution in [3.05, 3.63) is 137 Å². The summed E-state index contributed by atoms with van der Waals surface area (Å²) in [4.78, 5) is 13.4. The van der Waals surface area contributed by atoms with E-state index in [-0.39, 0.29) is 18.3 Å². The fourth-order valence-corrected chi connectivity index (χ4v) is 3.75. The molecule has 5 rings (SSSR count). The van der Waals surface area contributed by atoms with Crippen LogP contribution in [-0.4, -0.2) is 11.6 Å². The molecule has 0 unspecified atom stereocenters. The summed E-state index contributed by atoms with van der Waals surface area (Å²) >= 11 is 0. The first-order valence-corrected chi connectivity index (χ1v) is 10.9. The van der Waals surface area contributed by atoms with Crippen LogP contribution in [0.5, 0.6) is 5.75 Å². The number of ether oxygens (including phenoxy) is 1. The SMILES string of the molecule is O=C1/C(=C/c2cccc(OCc3cccc(F)c3)c2)C(c2ccccc2)=NN1c1ccccc1. The van der Waals surface area contributed by atoms with Crippen molar-refractivity contribution in [1.82, 2.24) is 0 Å². The second-order valence-corrected chi connectivity index (χ2v) is 7.82. The first-order valence-electron chi connectivity index (χ1n) is 10.9. The lowest BCUT2D eigenvalue weighted by atomic mass is 10.00. The van der Waals surface area contributed by atoms with Crippen molar-refractivity contribution in [2.45, 2.75) is 6.61 Å². The highest BCUT2D eigenvalue weighted by molar-refractivity contribution is 6.37. The van der Waals surface area contributed by atoms with Gasteiger partial charge < -0.3 is 4.74 Å². The number of amides is 1. The average Bonchev–Trinajstić information content (AvgIpc) is 3.20. The van der Waals surface area contributed by atoms with E-state index in [0.717, 1.165) is 16.7 Å². The fourth-order valence-electron chi connectivity index (χ4n) is 3.75. The van der Waals surface area contributed by atoms with Gasteiger partial charge in [0, 0.05) is 5.56 Å². The Bertz CT molecular complexity index is 1380. The number of halogens is 1. The third-order valence-electron chi connectivity index (χ3n) is 5.39. The van der Waals surface area contributed by atoms with Crippen molar-refractivity contribution in [2.75, 3.05) is 5.01 Å². The summed E-state index contributed by atoms with van der Waals surface area (Å²) in [5.41, 5.74) is 4.22. The zero-order valence-electron chi connectivity index (χ0n) is 18.3. The van der Waals surface area contributed by atoms with Crippen LogP contribution in [-0.2, 0) is 11.4 Å². The Morgan fingerprint density at radius 2 is 1.56 bits per heavy atom. The summed E-state index contributed by atoms with van der Waals surface area (Å²) in [7, 11) is 0. The predicted molar refractivity (Wildman–Crippen MR) is 132 cm³/mol. The number of hydrogen-bond acceptors (Lipinski definition) is 3. The highest BCUT2D eigenvalue weighted by Gasteiger charge is 2.31. The van der Waals surface area contributed by atoms with Crippen molar-refractivity contribution >= 4 is 23.4 Å². The molecule has 1 aliphatic heterocycles. The van der Waals surface area contributed by atoms with Gasteiger partial charge in [-0.3, -0.25) is 4.79 Å². The molecule has 166 valence electrons. The molecule has 4 aromatic carbocycles. The number of para-hydroxylation sites is 1. The summed E-state index contributed by atoms with van der Waals surface area (Å²) in [6, 6.07) is 32.8. The summed E-state index contributed by atoms with van der Waals surface area (Å²) < 4.78 is 19.3. The number of benzene rings is 4.